The summed E-state index contributed by atoms with van der Waals surface area (Å²) >= 11 is 1.73. The highest BCUT2D eigenvalue weighted by atomic mass is 32.1. The predicted octanol–water partition coefficient (Wildman–Crippen LogP) is 3.80. The lowest BCUT2D eigenvalue weighted by Gasteiger charge is -1.89. The summed E-state index contributed by atoms with van der Waals surface area (Å²) in [6.45, 7) is 2.12. The van der Waals surface area contributed by atoms with Crippen LogP contribution in [-0.2, 0) is 0 Å². The molecule has 14 heavy (non-hydrogen) atoms. The van der Waals surface area contributed by atoms with Crippen molar-refractivity contribution in [2.75, 3.05) is 7.05 Å². The molecule has 1 heterocycles. The molecule has 74 valence electrons. The number of allylic oxidation sites excluding steroid dienone is 3. The van der Waals surface area contributed by atoms with Gasteiger partial charge in [-0.3, -0.25) is 4.99 Å². The molecule has 0 saturated heterocycles. The molecular formula is C12H15NS. The van der Waals surface area contributed by atoms with Gasteiger partial charge >= 0.3 is 0 Å². The zero-order valence-electron chi connectivity index (χ0n) is 8.60. The van der Waals surface area contributed by atoms with E-state index < -0.39 is 0 Å². The summed E-state index contributed by atoms with van der Waals surface area (Å²) in [5.41, 5.74) is 1.01. The van der Waals surface area contributed by atoms with Crippen molar-refractivity contribution >= 4 is 23.1 Å². The van der Waals surface area contributed by atoms with Crippen molar-refractivity contribution in [3.63, 3.8) is 0 Å². The first-order chi connectivity index (χ1) is 6.86. The van der Waals surface area contributed by atoms with Crippen LogP contribution in [0.1, 0.15) is 18.2 Å². The standard InChI is InChI=1S/C12H15NS/c1-3-4-6-11(13-2)8-9-12-7-5-10-14-12/h4-10H,3H2,1-2H3/b6-4-,9-8+,13-11?. The maximum atomic E-state index is 4.17. The van der Waals surface area contributed by atoms with E-state index in [-0.39, 0.29) is 0 Å². The van der Waals surface area contributed by atoms with Gasteiger partial charge in [-0.2, -0.15) is 0 Å². The van der Waals surface area contributed by atoms with Crippen LogP contribution in [0.4, 0.5) is 0 Å². The van der Waals surface area contributed by atoms with E-state index in [4.69, 9.17) is 0 Å². The predicted molar refractivity (Wildman–Crippen MR) is 66.1 cm³/mol. The Bertz CT molecular complexity index is 331. The number of nitrogens with zero attached hydrogens (tertiary/aromatic N) is 1. The maximum absolute atomic E-state index is 4.17. The molecule has 0 radical (unpaired) electrons. The second-order valence-corrected chi connectivity index (χ2v) is 3.79. The Labute approximate surface area is 89.5 Å². The molecule has 0 bridgehead atoms. The van der Waals surface area contributed by atoms with E-state index in [0.717, 1.165) is 12.1 Å². The summed E-state index contributed by atoms with van der Waals surface area (Å²) in [7, 11) is 1.81. The highest BCUT2D eigenvalue weighted by molar-refractivity contribution is 7.10. The van der Waals surface area contributed by atoms with E-state index in [2.05, 4.69) is 41.6 Å². The fourth-order valence-electron chi connectivity index (χ4n) is 0.997. The van der Waals surface area contributed by atoms with Crippen molar-refractivity contribution in [1.29, 1.82) is 0 Å². The Balaban J connectivity index is 2.62. The first-order valence-corrected chi connectivity index (χ1v) is 5.59. The molecule has 1 nitrogen and oxygen atoms in total. The van der Waals surface area contributed by atoms with Crippen LogP contribution in [0.3, 0.4) is 0 Å². The van der Waals surface area contributed by atoms with Gasteiger partial charge in [0.15, 0.2) is 0 Å². The Morgan fingerprint density at radius 3 is 2.93 bits per heavy atom. The first kappa shape index (κ1) is 10.9. The molecule has 2 heteroatoms. The van der Waals surface area contributed by atoms with Gasteiger partial charge in [0.05, 0.1) is 5.71 Å². The number of hydrogen-bond donors (Lipinski definition) is 0. The molecule has 0 aliphatic carbocycles. The maximum Gasteiger partial charge on any atom is 0.0568 e. The molecule has 1 rings (SSSR count). The van der Waals surface area contributed by atoms with Crippen molar-refractivity contribution < 1.29 is 0 Å². The summed E-state index contributed by atoms with van der Waals surface area (Å²) in [5, 5.41) is 2.07. The average Bonchev–Trinajstić information content (AvgIpc) is 2.71. The molecule has 0 unspecified atom stereocenters. The summed E-state index contributed by atoms with van der Waals surface area (Å²) in [4.78, 5) is 5.43. The zero-order valence-corrected chi connectivity index (χ0v) is 9.42. The summed E-state index contributed by atoms with van der Waals surface area (Å²) in [5.74, 6) is 0. The molecular weight excluding hydrogens is 190 g/mol. The number of hydrogen-bond acceptors (Lipinski definition) is 2. The molecule has 0 spiro atoms. The van der Waals surface area contributed by atoms with Crippen LogP contribution in [0.15, 0.2) is 40.7 Å². The highest BCUT2D eigenvalue weighted by Gasteiger charge is 1.87. The molecule has 0 amide bonds. The van der Waals surface area contributed by atoms with Crippen LogP contribution in [0.5, 0.6) is 0 Å². The van der Waals surface area contributed by atoms with E-state index in [9.17, 15) is 0 Å². The average molecular weight is 205 g/mol. The van der Waals surface area contributed by atoms with Gasteiger partial charge in [0.2, 0.25) is 0 Å². The van der Waals surface area contributed by atoms with E-state index in [0.29, 0.717) is 0 Å². The van der Waals surface area contributed by atoms with E-state index >= 15 is 0 Å². The lowest BCUT2D eigenvalue weighted by atomic mass is 10.2. The zero-order chi connectivity index (χ0) is 10.2. The van der Waals surface area contributed by atoms with Gasteiger partial charge < -0.3 is 0 Å². The van der Waals surface area contributed by atoms with Crippen LogP contribution in [0.2, 0.25) is 0 Å². The highest BCUT2D eigenvalue weighted by Crippen LogP contribution is 2.10. The van der Waals surface area contributed by atoms with Gasteiger partial charge in [0.1, 0.15) is 0 Å². The minimum atomic E-state index is 1.01. The van der Waals surface area contributed by atoms with Gasteiger partial charge in [-0.05, 0) is 36.1 Å². The second-order valence-electron chi connectivity index (χ2n) is 2.81. The molecule has 0 saturated carbocycles. The normalized spacial score (nSPS) is 13.1. The third-order valence-electron chi connectivity index (χ3n) is 1.74. The number of thiophene rings is 1. The van der Waals surface area contributed by atoms with Crippen LogP contribution in [0.25, 0.3) is 6.08 Å². The van der Waals surface area contributed by atoms with Crippen LogP contribution in [0, 0.1) is 0 Å². The Morgan fingerprint density at radius 2 is 2.36 bits per heavy atom. The van der Waals surface area contributed by atoms with Gasteiger partial charge in [-0.1, -0.05) is 19.1 Å². The summed E-state index contributed by atoms with van der Waals surface area (Å²) < 4.78 is 0. The molecule has 0 aliphatic rings. The van der Waals surface area contributed by atoms with E-state index in [1.54, 1.807) is 11.3 Å². The SMILES string of the molecule is CC/C=C\C(/C=C/c1cccs1)=NC. The topological polar surface area (TPSA) is 12.4 Å². The summed E-state index contributed by atoms with van der Waals surface area (Å²) in [6.07, 6.45) is 9.34. The van der Waals surface area contributed by atoms with Gasteiger partial charge in [-0.25, -0.2) is 0 Å². The molecule has 0 N–H and O–H groups in total. The van der Waals surface area contributed by atoms with Gasteiger partial charge in [-0.15, -0.1) is 11.3 Å². The number of rotatable bonds is 4. The van der Waals surface area contributed by atoms with Crippen molar-refractivity contribution in [1.82, 2.24) is 0 Å². The van der Waals surface area contributed by atoms with Crippen LogP contribution in [-0.4, -0.2) is 12.8 Å². The Kier molecular flexibility index (Phi) is 4.94. The van der Waals surface area contributed by atoms with Gasteiger partial charge in [0.25, 0.3) is 0 Å². The molecule has 0 fully saturated rings. The first-order valence-electron chi connectivity index (χ1n) is 4.71. The Hall–Kier alpha value is -1.15. The quantitative estimate of drug-likeness (QED) is 0.663. The minimum Gasteiger partial charge on any atom is -0.289 e. The van der Waals surface area contributed by atoms with Crippen molar-refractivity contribution in [2.45, 2.75) is 13.3 Å². The molecule has 0 aromatic carbocycles. The number of aliphatic imine (C=N–C) groups is 1. The Morgan fingerprint density at radius 1 is 1.50 bits per heavy atom. The second kappa shape index (κ2) is 6.33. The van der Waals surface area contributed by atoms with E-state index in [1.165, 1.54) is 4.88 Å². The third kappa shape index (κ3) is 3.71. The van der Waals surface area contributed by atoms with Crippen LogP contribution >= 0.6 is 11.3 Å². The molecule has 0 atom stereocenters. The smallest absolute Gasteiger partial charge is 0.0568 e. The fourth-order valence-corrected chi connectivity index (χ4v) is 1.61. The van der Waals surface area contributed by atoms with Crippen molar-refractivity contribution in [2.24, 2.45) is 4.99 Å². The summed E-state index contributed by atoms with van der Waals surface area (Å²) in [6, 6.07) is 4.15. The van der Waals surface area contributed by atoms with Gasteiger partial charge in [0, 0.05) is 11.9 Å². The van der Waals surface area contributed by atoms with E-state index in [1.807, 2.05) is 19.2 Å². The lowest BCUT2D eigenvalue weighted by molar-refractivity contribution is 1.23. The van der Waals surface area contributed by atoms with Crippen molar-refractivity contribution in [3.8, 4) is 0 Å². The third-order valence-corrected chi connectivity index (χ3v) is 2.58. The molecule has 0 aliphatic heterocycles. The minimum absolute atomic E-state index is 1.01. The molecule has 1 aromatic heterocycles. The monoisotopic (exact) mass is 205 g/mol. The molecule has 1 aromatic rings. The fraction of sp³-hybridized carbons (Fsp3) is 0.250. The largest absolute Gasteiger partial charge is 0.289 e. The lowest BCUT2D eigenvalue weighted by Crippen LogP contribution is -1.85. The van der Waals surface area contributed by atoms with Crippen molar-refractivity contribution in [3.05, 3.63) is 40.6 Å². The van der Waals surface area contributed by atoms with Crippen LogP contribution < -0.4 is 0 Å².